The number of aromatic nitrogens is 1. The molecule has 0 fully saturated rings. The Morgan fingerprint density at radius 3 is 2.74 bits per heavy atom. The van der Waals surface area contributed by atoms with Crippen molar-refractivity contribution < 1.29 is 4.79 Å². The summed E-state index contributed by atoms with van der Waals surface area (Å²) in [4.78, 5) is 17.8. The van der Waals surface area contributed by atoms with Crippen LogP contribution in [0.25, 0.3) is 22.9 Å². The third kappa shape index (κ3) is 3.22. The van der Waals surface area contributed by atoms with Crippen molar-refractivity contribution in [3.05, 3.63) is 71.3 Å². The second-order valence-electron chi connectivity index (χ2n) is 4.99. The number of anilines is 1. The Morgan fingerprint density at radius 1 is 1.22 bits per heavy atom. The van der Waals surface area contributed by atoms with E-state index in [4.69, 9.17) is 0 Å². The molecule has 0 unspecified atom stereocenters. The standard InChI is InChI=1S/C19H16N2OS/c1-3-7-16-17(4-2)23-19(20-16)21-18(22)15-11-10-13-8-5-6-9-14(13)12-15/h3-12H,2H2,1H3,(H,20,21,22)/b7-3-. The molecule has 114 valence electrons. The van der Waals surface area contributed by atoms with Gasteiger partial charge in [0.1, 0.15) is 0 Å². The number of benzene rings is 2. The van der Waals surface area contributed by atoms with E-state index in [1.165, 1.54) is 11.3 Å². The smallest absolute Gasteiger partial charge is 0.257 e. The predicted octanol–water partition coefficient (Wildman–Crippen LogP) is 5.22. The van der Waals surface area contributed by atoms with Crippen molar-refractivity contribution in [3.8, 4) is 0 Å². The fourth-order valence-electron chi connectivity index (χ4n) is 2.32. The van der Waals surface area contributed by atoms with Crippen molar-refractivity contribution in [1.29, 1.82) is 0 Å². The molecule has 0 saturated carbocycles. The number of amides is 1. The van der Waals surface area contributed by atoms with E-state index in [9.17, 15) is 4.79 Å². The van der Waals surface area contributed by atoms with Crippen LogP contribution >= 0.6 is 11.3 Å². The average molecular weight is 320 g/mol. The number of hydrogen-bond donors (Lipinski definition) is 1. The van der Waals surface area contributed by atoms with Crippen LogP contribution in [0.4, 0.5) is 5.13 Å². The zero-order chi connectivity index (χ0) is 16.2. The third-order valence-corrected chi connectivity index (χ3v) is 4.41. The van der Waals surface area contributed by atoms with Crippen molar-refractivity contribution in [2.24, 2.45) is 0 Å². The van der Waals surface area contributed by atoms with Gasteiger partial charge in [0, 0.05) is 5.56 Å². The van der Waals surface area contributed by atoms with Crippen LogP contribution in [-0.2, 0) is 0 Å². The summed E-state index contributed by atoms with van der Waals surface area (Å²) in [6, 6.07) is 13.6. The molecule has 1 amide bonds. The molecule has 3 nitrogen and oxygen atoms in total. The Balaban J connectivity index is 1.86. The highest BCUT2D eigenvalue weighted by atomic mass is 32.1. The van der Waals surface area contributed by atoms with Crippen molar-refractivity contribution in [2.45, 2.75) is 6.92 Å². The first-order valence-electron chi connectivity index (χ1n) is 7.27. The molecule has 23 heavy (non-hydrogen) atoms. The fraction of sp³-hybridized carbons (Fsp3) is 0.0526. The summed E-state index contributed by atoms with van der Waals surface area (Å²) in [5.41, 5.74) is 1.44. The minimum absolute atomic E-state index is 0.160. The monoisotopic (exact) mass is 320 g/mol. The predicted molar refractivity (Wildman–Crippen MR) is 98.8 cm³/mol. The number of nitrogens with one attached hydrogen (secondary N) is 1. The summed E-state index contributed by atoms with van der Waals surface area (Å²) in [6.07, 6.45) is 5.56. The second kappa shape index (κ2) is 6.58. The topological polar surface area (TPSA) is 42.0 Å². The molecule has 1 aromatic heterocycles. The van der Waals surface area contributed by atoms with Crippen LogP contribution < -0.4 is 5.32 Å². The van der Waals surface area contributed by atoms with Gasteiger partial charge in [-0.2, -0.15) is 0 Å². The molecule has 0 aliphatic rings. The summed E-state index contributed by atoms with van der Waals surface area (Å²) in [5.74, 6) is -0.160. The maximum atomic E-state index is 12.4. The van der Waals surface area contributed by atoms with Gasteiger partial charge in [0.05, 0.1) is 10.6 Å². The fourth-order valence-corrected chi connectivity index (χ4v) is 3.12. The Bertz CT molecular complexity index is 909. The van der Waals surface area contributed by atoms with Gasteiger partial charge in [-0.3, -0.25) is 10.1 Å². The molecular weight excluding hydrogens is 304 g/mol. The lowest BCUT2D eigenvalue weighted by molar-refractivity contribution is 0.102. The molecule has 1 N–H and O–H groups in total. The van der Waals surface area contributed by atoms with Crippen molar-refractivity contribution in [1.82, 2.24) is 4.98 Å². The Kier molecular flexibility index (Phi) is 4.35. The molecule has 2 aromatic carbocycles. The highest BCUT2D eigenvalue weighted by Gasteiger charge is 2.11. The maximum Gasteiger partial charge on any atom is 0.257 e. The van der Waals surface area contributed by atoms with Gasteiger partial charge in [-0.15, -0.1) is 0 Å². The zero-order valence-electron chi connectivity index (χ0n) is 12.7. The summed E-state index contributed by atoms with van der Waals surface area (Å²) < 4.78 is 0. The van der Waals surface area contributed by atoms with Crippen LogP contribution in [0.5, 0.6) is 0 Å². The number of nitrogens with zero attached hydrogens (tertiary/aromatic N) is 1. The lowest BCUT2D eigenvalue weighted by atomic mass is 10.1. The second-order valence-corrected chi connectivity index (χ2v) is 6.02. The van der Waals surface area contributed by atoms with Crippen molar-refractivity contribution >= 4 is 45.3 Å². The summed E-state index contributed by atoms with van der Waals surface area (Å²) in [5, 5.41) is 5.59. The number of allylic oxidation sites excluding steroid dienone is 1. The molecule has 0 saturated heterocycles. The van der Waals surface area contributed by atoms with Crippen molar-refractivity contribution in [3.63, 3.8) is 0 Å². The molecular formula is C19H16N2OS. The van der Waals surface area contributed by atoms with Crippen LogP contribution in [0.2, 0.25) is 0 Å². The van der Waals surface area contributed by atoms with Gasteiger partial charge in [0.15, 0.2) is 5.13 Å². The largest absolute Gasteiger partial charge is 0.298 e. The van der Waals surface area contributed by atoms with E-state index >= 15 is 0 Å². The molecule has 0 bridgehead atoms. The number of rotatable bonds is 4. The van der Waals surface area contributed by atoms with E-state index in [0.29, 0.717) is 10.7 Å². The van der Waals surface area contributed by atoms with Gasteiger partial charge in [0.25, 0.3) is 5.91 Å². The van der Waals surface area contributed by atoms with E-state index in [0.717, 1.165) is 21.3 Å². The molecule has 0 atom stereocenters. The van der Waals surface area contributed by atoms with Crippen LogP contribution in [0, 0.1) is 0 Å². The number of fused-ring (bicyclic) bond motifs is 1. The summed E-state index contributed by atoms with van der Waals surface area (Å²) >= 11 is 1.41. The van der Waals surface area contributed by atoms with Gasteiger partial charge in [-0.25, -0.2) is 4.98 Å². The minimum Gasteiger partial charge on any atom is -0.298 e. The van der Waals surface area contributed by atoms with Crippen LogP contribution in [-0.4, -0.2) is 10.9 Å². The molecule has 4 heteroatoms. The average Bonchev–Trinajstić information content (AvgIpc) is 2.96. The van der Waals surface area contributed by atoms with Gasteiger partial charge in [0.2, 0.25) is 0 Å². The van der Waals surface area contributed by atoms with Crippen LogP contribution in [0.15, 0.2) is 55.1 Å². The lowest BCUT2D eigenvalue weighted by Crippen LogP contribution is -2.11. The number of thiazole rings is 1. The first kappa shape index (κ1) is 15.2. The van der Waals surface area contributed by atoms with Crippen LogP contribution in [0.3, 0.4) is 0 Å². The first-order valence-corrected chi connectivity index (χ1v) is 8.09. The number of carbonyl (C=O) groups is 1. The zero-order valence-corrected chi connectivity index (χ0v) is 13.6. The molecule has 0 aliphatic carbocycles. The number of hydrogen-bond acceptors (Lipinski definition) is 3. The SMILES string of the molecule is C=Cc1sc(NC(=O)c2ccc3ccccc3c2)nc1/C=C\C. The lowest BCUT2D eigenvalue weighted by Gasteiger charge is -2.03. The molecule has 0 radical (unpaired) electrons. The first-order chi connectivity index (χ1) is 11.2. The van der Waals surface area contributed by atoms with E-state index in [-0.39, 0.29) is 5.91 Å². The molecule has 1 heterocycles. The molecule has 3 aromatic rings. The van der Waals surface area contributed by atoms with Gasteiger partial charge in [-0.1, -0.05) is 54.3 Å². The van der Waals surface area contributed by atoms with Gasteiger partial charge < -0.3 is 0 Å². The highest BCUT2D eigenvalue weighted by Crippen LogP contribution is 2.26. The minimum atomic E-state index is -0.160. The summed E-state index contributed by atoms with van der Waals surface area (Å²) in [6.45, 7) is 5.71. The molecule has 0 spiro atoms. The normalized spacial score (nSPS) is 11.0. The van der Waals surface area contributed by atoms with E-state index < -0.39 is 0 Å². The molecule has 0 aliphatic heterocycles. The van der Waals surface area contributed by atoms with E-state index in [1.807, 2.05) is 61.5 Å². The van der Waals surface area contributed by atoms with Crippen molar-refractivity contribution in [2.75, 3.05) is 5.32 Å². The quantitative estimate of drug-likeness (QED) is 0.715. The van der Waals surface area contributed by atoms with E-state index in [2.05, 4.69) is 16.9 Å². The Hall–Kier alpha value is -2.72. The van der Waals surface area contributed by atoms with Gasteiger partial charge in [-0.05, 0) is 42.0 Å². The number of carbonyl (C=O) groups excluding carboxylic acids is 1. The van der Waals surface area contributed by atoms with Crippen LogP contribution in [0.1, 0.15) is 27.9 Å². The van der Waals surface area contributed by atoms with E-state index in [1.54, 1.807) is 6.08 Å². The molecule has 3 rings (SSSR count). The summed E-state index contributed by atoms with van der Waals surface area (Å²) in [7, 11) is 0. The third-order valence-electron chi connectivity index (χ3n) is 3.42. The Morgan fingerprint density at radius 2 is 2.00 bits per heavy atom. The van der Waals surface area contributed by atoms with Gasteiger partial charge >= 0.3 is 0 Å². The Labute approximate surface area is 139 Å². The highest BCUT2D eigenvalue weighted by molar-refractivity contribution is 7.16. The maximum absolute atomic E-state index is 12.4.